The lowest BCUT2D eigenvalue weighted by Gasteiger charge is -2.30. The van der Waals surface area contributed by atoms with Gasteiger partial charge in [-0.25, -0.2) is 0 Å². The Hall–Kier alpha value is -1.84. The van der Waals surface area contributed by atoms with Gasteiger partial charge in [-0.15, -0.1) is 0 Å². The summed E-state index contributed by atoms with van der Waals surface area (Å²) >= 11 is 0. The Labute approximate surface area is 113 Å². The predicted molar refractivity (Wildman–Crippen MR) is 73.8 cm³/mol. The van der Waals surface area contributed by atoms with Crippen molar-refractivity contribution in [1.82, 2.24) is 0 Å². The first-order valence-corrected chi connectivity index (χ1v) is 6.77. The summed E-state index contributed by atoms with van der Waals surface area (Å²) in [5.74, 6) is 0.854. The molecule has 0 saturated heterocycles. The smallest absolute Gasteiger partial charge is 0.227 e. The molecular formula is C15H19NO3. The minimum absolute atomic E-state index is 0.0799. The molecule has 102 valence electrons. The van der Waals surface area contributed by atoms with Crippen LogP contribution in [0.2, 0.25) is 0 Å². The fourth-order valence-electron chi connectivity index (χ4n) is 2.20. The van der Waals surface area contributed by atoms with Crippen molar-refractivity contribution in [3.05, 3.63) is 23.8 Å². The van der Waals surface area contributed by atoms with Crippen molar-refractivity contribution in [2.24, 2.45) is 0 Å². The molecule has 19 heavy (non-hydrogen) atoms. The highest BCUT2D eigenvalue weighted by Crippen LogP contribution is 2.33. The fourth-order valence-corrected chi connectivity index (χ4v) is 2.20. The Morgan fingerprint density at radius 2 is 2.11 bits per heavy atom. The Morgan fingerprint density at radius 1 is 1.32 bits per heavy atom. The largest absolute Gasteiger partial charge is 0.490 e. The molecule has 4 heteroatoms. The quantitative estimate of drug-likeness (QED) is 0.783. The molecular weight excluding hydrogens is 242 g/mol. The third-order valence-electron chi connectivity index (χ3n) is 3.23. The number of carbonyl (C=O) groups is 2. The van der Waals surface area contributed by atoms with Crippen LogP contribution in [0.1, 0.15) is 43.5 Å². The molecule has 4 nitrogen and oxygen atoms in total. The van der Waals surface area contributed by atoms with E-state index in [-0.39, 0.29) is 11.7 Å². The number of amides is 1. The minimum atomic E-state index is 0.0799. The Morgan fingerprint density at radius 3 is 2.79 bits per heavy atom. The molecule has 1 heterocycles. The van der Waals surface area contributed by atoms with E-state index < -0.39 is 0 Å². The molecule has 1 aromatic rings. The molecule has 0 saturated carbocycles. The molecule has 1 amide bonds. The maximum absolute atomic E-state index is 12.1. The second-order valence-electron chi connectivity index (χ2n) is 4.60. The fraction of sp³-hybridized carbons (Fsp3) is 0.467. The zero-order valence-corrected chi connectivity index (χ0v) is 11.4. The second-order valence-corrected chi connectivity index (χ2v) is 4.60. The predicted octanol–water partition coefficient (Wildman–Crippen LogP) is 2.80. The van der Waals surface area contributed by atoms with E-state index in [1.54, 1.807) is 23.1 Å². The highest BCUT2D eigenvalue weighted by molar-refractivity contribution is 6.00. The molecule has 0 bridgehead atoms. The summed E-state index contributed by atoms with van der Waals surface area (Å²) in [5.41, 5.74) is 1.37. The number of fused-ring (bicyclic) bond motifs is 1. The van der Waals surface area contributed by atoms with Gasteiger partial charge in [0.15, 0.2) is 5.78 Å². The van der Waals surface area contributed by atoms with Gasteiger partial charge >= 0.3 is 0 Å². The minimum Gasteiger partial charge on any atom is -0.490 e. The molecule has 0 atom stereocenters. The third-order valence-corrected chi connectivity index (χ3v) is 3.23. The highest BCUT2D eigenvalue weighted by atomic mass is 16.5. The number of hydrogen-bond donors (Lipinski definition) is 0. The monoisotopic (exact) mass is 261 g/mol. The molecule has 0 aromatic heterocycles. The van der Waals surface area contributed by atoms with Gasteiger partial charge in [-0.2, -0.15) is 0 Å². The zero-order chi connectivity index (χ0) is 13.8. The van der Waals surface area contributed by atoms with Gasteiger partial charge in [0.1, 0.15) is 12.4 Å². The maximum Gasteiger partial charge on any atom is 0.227 e. The van der Waals surface area contributed by atoms with Crippen molar-refractivity contribution < 1.29 is 14.3 Å². The van der Waals surface area contributed by atoms with E-state index in [2.05, 4.69) is 0 Å². The van der Waals surface area contributed by atoms with E-state index in [4.69, 9.17) is 4.74 Å². The summed E-state index contributed by atoms with van der Waals surface area (Å²) in [6.07, 6.45) is 1.80. The zero-order valence-electron chi connectivity index (χ0n) is 11.4. The van der Waals surface area contributed by atoms with Gasteiger partial charge in [0.2, 0.25) is 5.91 Å². The Balaban J connectivity index is 2.35. The molecule has 0 spiro atoms. The van der Waals surface area contributed by atoms with Crippen LogP contribution < -0.4 is 9.64 Å². The number of nitrogens with zero attached hydrogens (tertiary/aromatic N) is 1. The van der Waals surface area contributed by atoms with Crippen molar-refractivity contribution in [3.8, 4) is 5.75 Å². The number of rotatable bonds is 4. The first kappa shape index (κ1) is 13.6. The SMILES string of the molecule is CCCC(=O)N1CCOc2ccc(C(=O)CC)cc21. The summed E-state index contributed by atoms with van der Waals surface area (Å²) in [5, 5.41) is 0. The lowest BCUT2D eigenvalue weighted by atomic mass is 10.1. The van der Waals surface area contributed by atoms with Crippen LogP contribution in [0, 0.1) is 0 Å². The van der Waals surface area contributed by atoms with Gasteiger partial charge in [-0.05, 0) is 24.6 Å². The van der Waals surface area contributed by atoms with Crippen molar-refractivity contribution in [2.45, 2.75) is 33.1 Å². The molecule has 0 N–H and O–H groups in total. The molecule has 1 aliphatic heterocycles. The highest BCUT2D eigenvalue weighted by Gasteiger charge is 2.24. The van der Waals surface area contributed by atoms with Gasteiger partial charge in [0.05, 0.1) is 12.2 Å². The van der Waals surface area contributed by atoms with E-state index in [1.165, 1.54) is 0 Å². The maximum atomic E-state index is 12.1. The molecule has 0 unspecified atom stereocenters. The number of Topliss-reactive ketones (excluding diaryl/α,β-unsaturated/α-hetero) is 1. The van der Waals surface area contributed by atoms with Gasteiger partial charge in [0, 0.05) is 18.4 Å². The molecule has 2 rings (SSSR count). The number of hydrogen-bond acceptors (Lipinski definition) is 3. The van der Waals surface area contributed by atoms with Gasteiger partial charge in [0.25, 0.3) is 0 Å². The van der Waals surface area contributed by atoms with Crippen molar-refractivity contribution in [1.29, 1.82) is 0 Å². The Kier molecular flexibility index (Phi) is 4.20. The van der Waals surface area contributed by atoms with Crippen LogP contribution in [-0.2, 0) is 4.79 Å². The molecule has 0 aliphatic carbocycles. The van der Waals surface area contributed by atoms with Crippen LogP contribution in [0.5, 0.6) is 5.75 Å². The third kappa shape index (κ3) is 2.78. The number of ether oxygens (including phenoxy) is 1. The number of carbonyl (C=O) groups excluding carboxylic acids is 2. The van der Waals surface area contributed by atoms with Gasteiger partial charge in [-0.3, -0.25) is 9.59 Å². The van der Waals surface area contributed by atoms with Crippen LogP contribution in [-0.4, -0.2) is 24.8 Å². The number of benzene rings is 1. The van der Waals surface area contributed by atoms with E-state index >= 15 is 0 Å². The van der Waals surface area contributed by atoms with Gasteiger partial charge < -0.3 is 9.64 Å². The van der Waals surface area contributed by atoms with E-state index in [1.807, 2.05) is 13.8 Å². The first-order chi connectivity index (χ1) is 9.17. The average molecular weight is 261 g/mol. The summed E-state index contributed by atoms with van der Waals surface area (Å²) < 4.78 is 5.55. The van der Waals surface area contributed by atoms with Crippen molar-refractivity contribution >= 4 is 17.4 Å². The second kappa shape index (κ2) is 5.87. The topological polar surface area (TPSA) is 46.6 Å². The molecule has 1 aliphatic rings. The van der Waals surface area contributed by atoms with E-state index in [0.29, 0.717) is 37.3 Å². The van der Waals surface area contributed by atoms with Crippen LogP contribution in [0.4, 0.5) is 5.69 Å². The van der Waals surface area contributed by atoms with E-state index in [0.717, 1.165) is 12.1 Å². The average Bonchev–Trinajstić information content (AvgIpc) is 2.45. The van der Waals surface area contributed by atoms with Crippen molar-refractivity contribution in [2.75, 3.05) is 18.1 Å². The van der Waals surface area contributed by atoms with Gasteiger partial charge in [-0.1, -0.05) is 13.8 Å². The molecule has 0 radical (unpaired) electrons. The summed E-state index contributed by atoms with van der Waals surface area (Å²) in [4.78, 5) is 25.6. The van der Waals surface area contributed by atoms with Crippen LogP contribution in [0.3, 0.4) is 0 Å². The summed E-state index contributed by atoms with van der Waals surface area (Å²) in [6, 6.07) is 5.32. The van der Waals surface area contributed by atoms with Crippen LogP contribution in [0.25, 0.3) is 0 Å². The van der Waals surface area contributed by atoms with Crippen molar-refractivity contribution in [3.63, 3.8) is 0 Å². The normalized spacial score (nSPS) is 13.7. The first-order valence-electron chi connectivity index (χ1n) is 6.77. The standard InChI is InChI=1S/C15H19NO3/c1-3-5-15(18)16-8-9-19-14-7-6-11(10-12(14)16)13(17)4-2/h6-7,10H,3-5,8-9H2,1-2H3. The van der Waals surface area contributed by atoms with E-state index in [9.17, 15) is 9.59 Å². The molecule has 1 aromatic carbocycles. The number of ketones is 1. The summed E-state index contributed by atoms with van der Waals surface area (Å²) in [7, 11) is 0. The lowest BCUT2D eigenvalue weighted by Crippen LogP contribution is -2.37. The van der Waals surface area contributed by atoms with Crippen LogP contribution in [0.15, 0.2) is 18.2 Å². The lowest BCUT2D eigenvalue weighted by molar-refractivity contribution is -0.118. The Bertz CT molecular complexity index is 496. The number of anilines is 1. The van der Waals surface area contributed by atoms with Crippen LogP contribution >= 0.6 is 0 Å². The summed E-state index contributed by atoms with van der Waals surface area (Å²) in [6.45, 7) is 4.87. The molecule has 0 fully saturated rings.